The van der Waals surface area contributed by atoms with Crippen molar-refractivity contribution in [3.05, 3.63) is 54.4 Å². The third kappa shape index (κ3) is 3.27. The monoisotopic (exact) mass is 383 g/mol. The molecule has 0 N–H and O–H groups in total. The summed E-state index contributed by atoms with van der Waals surface area (Å²) in [4.78, 5) is 4.11. The minimum absolute atomic E-state index is 0.368. The fraction of sp³-hybridized carbons (Fsp3) is 0.400. The second-order valence-electron chi connectivity index (χ2n) is 8.05. The second kappa shape index (κ2) is 6.56. The highest BCUT2D eigenvalue weighted by atomic mass is 19.1. The number of nitrogens with zero attached hydrogens (tertiary/aromatic N) is 3. The third-order valence-corrected chi connectivity index (χ3v) is 5.49. The van der Waals surface area contributed by atoms with E-state index in [4.69, 9.17) is 14.0 Å². The van der Waals surface area contributed by atoms with E-state index in [0.717, 1.165) is 11.0 Å². The summed E-state index contributed by atoms with van der Waals surface area (Å²) < 4.78 is 33.4. The van der Waals surface area contributed by atoms with Crippen LogP contribution in [-0.4, -0.2) is 32.9 Å². The summed E-state index contributed by atoms with van der Waals surface area (Å²) in [5, 5.41) is 4.34. The van der Waals surface area contributed by atoms with Crippen LogP contribution in [0.15, 0.2) is 42.9 Å². The van der Waals surface area contributed by atoms with Crippen LogP contribution in [0.4, 0.5) is 4.39 Å². The van der Waals surface area contributed by atoms with Crippen molar-refractivity contribution in [2.24, 2.45) is 0 Å². The van der Waals surface area contributed by atoms with E-state index in [0.29, 0.717) is 11.4 Å². The van der Waals surface area contributed by atoms with Crippen LogP contribution in [0, 0.1) is 5.82 Å². The fourth-order valence-electron chi connectivity index (χ4n) is 3.10. The Bertz CT molecular complexity index is 988. The third-order valence-electron chi connectivity index (χ3n) is 5.49. The highest BCUT2D eigenvalue weighted by Crippen LogP contribution is 2.37. The van der Waals surface area contributed by atoms with Crippen molar-refractivity contribution >= 4 is 18.1 Å². The number of hydrogen-bond acceptors (Lipinski definition) is 5. The highest BCUT2D eigenvalue weighted by Gasteiger charge is 2.52. The first kappa shape index (κ1) is 18.9. The van der Waals surface area contributed by atoms with Crippen LogP contribution in [0.25, 0.3) is 5.52 Å². The van der Waals surface area contributed by atoms with Gasteiger partial charge in [0.2, 0.25) is 0 Å². The van der Waals surface area contributed by atoms with Gasteiger partial charge in [0.1, 0.15) is 23.2 Å². The Balaban J connectivity index is 1.67. The van der Waals surface area contributed by atoms with E-state index in [-0.39, 0.29) is 11.9 Å². The number of pyridine rings is 2. The van der Waals surface area contributed by atoms with Crippen LogP contribution in [0.5, 0.6) is 5.75 Å². The first-order valence-electron chi connectivity index (χ1n) is 9.27. The van der Waals surface area contributed by atoms with E-state index in [1.807, 2.05) is 52.9 Å². The van der Waals surface area contributed by atoms with E-state index in [9.17, 15) is 4.39 Å². The minimum Gasteiger partial charge on any atom is -0.482 e. The van der Waals surface area contributed by atoms with Crippen molar-refractivity contribution in [1.82, 2.24) is 14.6 Å². The molecule has 0 spiro atoms. The van der Waals surface area contributed by atoms with Crippen molar-refractivity contribution in [1.29, 1.82) is 0 Å². The largest absolute Gasteiger partial charge is 0.496 e. The summed E-state index contributed by atoms with van der Waals surface area (Å²) in [5.74, 6) is 0.250. The molecule has 4 heterocycles. The summed E-state index contributed by atoms with van der Waals surface area (Å²) in [6.45, 7) is 9.92. The molecule has 28 heavy (non-hydrogen) atoms. The molecular weight excluding hydrogens is 360 g/mol. The highest BCUT2D eigenvalue weighted by molar-refractivity contribution is 6.62. The molecule has 1 aliphatic heterocycles. The predicted octanol–water partition coefficient (Wildman–Crippen LogP) is 3.31. The van der Waals surface area contributed by atoms with Crippen LogP contribution in [-0.2, 0) is 9.31 Å². The summed E-state index contributed by atoms with van der Waals surface area (Å²) in [7, 11) is -0.528. The summed E-state index contributed by atoms with van der Waals surface area (Å²) in [6.07, 6.45) is 4.40. The second-order valence-corrected chi connectivity index (χ2v) is 8.05. The van der Waals surface area contributed by atoms with Crippen LogP contribution >= 0.6 is 0 Å². The van der Waals surface area contributed by atoms with Crippen molar-refractivity contribution in [2.75, 3.05) is 0 Å². The van der Waals surface area contributed by atoms with Crippen molar-refractivity contribution in [3.63, 3.8) is 0 Å². The van der Waals surface area contributed by atoms with Gasteiger partial charge in [-0.05, 0) is 58.9 Å². The van der Waals surface area contributed by atoms with Gasteiger partial charge in [0.15, 0.2) is 0 Å². The minimum atomic E-state index is -0.528. The molecule has 1 unspecified atom stereocenters. The molecule has 0 radical (unpaired) electrons. The van der Waals surface area contributed by atoms with E-state index in [2.05, 4.69) is 10.1 Å². The lowest BCUT2D eigenvalue weighted by molar-refractivity contribution is 0.00578. The Morgan fingerprint density at radius 1 is 1.14 bits per heavy atom. The standard InChI is InChI=1S/C20H23BFN3O3/c1-13(16-7-6-15(22)11-23-16)26-18-10-14(12-25-17(18)8-9-24-25)21-27-19(2,3)20(4,5)28-21/h6-13H,1-5H3. The van der Waals surface area contributed by atoms with Gasteiger partial charge in [-0.15, -0.1) is 0 Å². The quantitative estimate of drug-likeness (QED) is 0.647. The number of rotatable bonds is 4. The van der Waals surface area contributed by atoms with Gasteiger partial charge in [-0.2, -0.15) is 5.10 Å². The van der Waals surface area contributed by atoms with Gasteiger partial charge in [0, 0.05) is 11.7 Å². The zero-order valence-electron chi connectivity index (χ0n) is 16.6. The predicted molar refractivity (Wildman–Crippen MR) is 104 cm³/mol. The zero-order valence-corrected chi connectivity index (χ0v) is 16.6. The average molecular weight is 383 g/mol. The topological polar surface area (TPSA) is 57.9 Å². The van der Waals surface area contributed by atoms with E-state index in [1.165, 1.54) is 12.3 Å². The van der Waals surface area contributed by atoms with Crippen LogP contribution < -0.4 is 10.2 Å². The van der Waals surface area contributed by atoms with Gasteiger partial charge in [0.05, 0.1) is 29.3 Å². The molecule has 1 aliphatic rings. The van der Waals surface area contributed by atoms with E-state index < -0.39 is 18.3 Å². The smallest absolute Gasteiger partial charge is 0.482 e. The number of hydrogen-bond donors (Lipinski definition) is 0. The SMILES string of the molecule is CC(Oc1cc(B2OC(C)(C)C(C)(C)O2)cn2nccc12)c1ccc(F)cn1. The molecule has 1 atom stereocenters. The Labute approximate surface area is 163 Å². The maximum Gasteiger partial charge on any atom is 0.496 e. The molecular formula is C20H23BFN3O3. The van der Waals surface area contributed by atoms with Crippen molar-refractivity contribution < 1.29 is 18.4 Å². The van der Waals surface area contributed by atoms with E-state index in [1.54, 1.807) is 16.8 Å². The van der Waals surface area contributed by atoms with E-state index >= 15 is 0 Å². The lowest BCUT2D eigenvalue weighted by atomic mass is 9.80. The van der Waals surface area contributed by atoms with Crippen LogP contribution in [0.3, 0.4) is 0 Å². The van der Waals surface area contributed by atoms with Gasteiger partial charge in [-0.1, -0.05) is 0 Å². The molecule has 0 bridgehead atoms. The summed E-state index contributed by atoms with van der Waals surface area (Å²) >= 11 is 0. The zero-order chi connectivity index (χ0) is 20.1. The van der Waals surface area contributed by atoms with Gasteiger partial charge in [-0.3, -0.25) is 4.98 Å². The lowest BCUT2D eigenvalue weighted by Crippen LogP contribution is -2.41. The Morgan fingerprint density at radius 2 is 1.86 bits per heavy atom. The van der Waals surface area contributed by atoms with Crippen LogP contribution in [0.1, 0.15) is 46.4 Å². The Kier molecular flexibility index (Phi) is 4.43. The van der Waals surface area contributed by atoms with Crippen LogP contribution in [0.2, 0.25) is 0 Å². The number of ether oxygens (including phenoxy) is 1. The number of fused-ring (bicyclic) bond motifs is 1. The Morgan fingerprint density at radius 3 is 2.50 bits per heavy atom. The molecule has 0 aromatic carbocycles. The van der Waals surface area contributed by atoms with Crippen molar-refractivity contribution in [2.45, 2.75) is 51.9 Å². The maximum atomic E-state index is 13.2. The Hall–Kier alpha value is -2.45. The number of halogens is 1. The van der Waals surface area contributed by atoms with Gasteiger partial charge >= 0.3 is 7.12 Å². The molecule has 6 nitrogen and oxygen atoms in total. The molecule has 8 heteroatoms. The normalized spacial score (nSPS) is 19.1. The average Bonchev–Trinajstić information content (AvgIpc) is 3.17. The summed E-state index contributed by atoms with van der Waals surface area (Å²) in [5.41, 5.74) is 1.38. The molecule has 1 fully saturated rings. The summed E-state index contributed by atoms with van der Waals surface area (Å²) in [6, 6.07) is 6.76. The first-order chi connectivity index (χ1) is 13.2. The van der Waals surface area contributed by atoms with Gasteiger partial charge < -0.3 is 14.0 Å². The molecule has 1 saturated heterocycles. The number of aromatic nitrogens is 3. The maximum absolute atomic E-state index is 13.2. The molecule has 3 aromatic rings. The molecule has 4 rings (SSSR count). The molecule has 0 saturated carbocycles. The molecule has 0 amide bonds. The van der Waals surface area contributed by atoms with Gasteiger partial charge in [-0.25, -0.2) is 8.91 Å². The van der Waals surface area contributed by atoms with Gasteiger partial charge in [0.25, 0.3) is 0 Å². The fourth-order valence-corrected chi connectivity index (χ4v) is 3.10. The lowest BCUT2D eigenvalue weighted by Gasteiger charge is -2.32. The first-order valence-corrected chi connectivity index (χ1v) is 9.27. The molecule has 3 aromatic heterocycles. The molecule has 0 aliphatic carbocycles. The molecule has 146 valence electrons. The van der Waals surface area contributed by atoms with Crippen molar-refractivity contribution in [3.8, 4) is 5.75 Å².